The van der Waals surface area contributed by atoms with E-state index in [1.54, 1.807) is 18.2 Å². The Morgan fingerprint density at radius 2 is 0.985 bits per heavy atom. The van der Waals surface area contributed by atoms with Crippen LogP contribution < -0.4 is 115 Å². The summed E-state index contributed by atoms with van der Waals surface area (Å²) >= 11 is 0. The third kappa shape index (κ3) is 11.9. The van der Waals surface area contributed by atoms with Gasteiger partial charge < -0.3 is 26.8 Å². The van der Waals surface area contributed by atoms with Gasteiger partial charge in [-0.05, 0) is 95.7 Å². The van der Waals surface area contributed by atoms with Crippen molar-refractivity contribution in [3.05, 3.63) is 121 Å². The van der Waals surface area contributed by atoms with E-state index in [2.05, 4.69) is 35.7 Å². The van der Waals surface area contributed by atoms with Gasteiger partial charge in [0.2, 0.25) is 0 Å². The van der Waals surface area contributed by atoms with Gasteiger partial charge in [0.15, 0.2) is 0 Å². The van der Waals surface area contributed by atoms with E-state index in [0.29, 0.717) is 0 Å². The van der Waals surface area contributed by atoms with Crippen molar-refractivity contribution in [2.45, 2.75) is 14.7 Å². The summed E-state index contributed by atoms with van der Waals surface area (Å²) in [5, 5.41) is 61.9. The van der Waals surface area contributed by atoms with E-state index in [-0.39, 0.29) is 139 Å². The number of rotatable bonds is 11. The molecule has 0 saturated carbocycles. The van der Waals surface area contributed by atoms with Gasteiger partial charge in [-0.2, -0.15) is 45.7 Å². The van der Waals surface area contributed by atoms with Gasteiger partial charge in [-0.15, -0.1) is 10.2 Å². The Kier molecular flexibility index (Phi) is 17.5. The zero-order valence-corrected chi connectivity index (χ0v) is 42.9. The number of fused-ring (bicyclic) bond motifs is 2. The molecule has 0 spiro atoms. The number of nitrogens with two attached hydrogens (primary N) is 2. The summed E-state index contributed by atoms with van der Waals surface area (Å²) in [6.07, 6.45) is 0. The van der Waals surface area contributed by atoms with Gasteiger partial charge in [-0.25, -0.2) is 0 Å². The average Bonchev–Trinajstić information content (AvgIpc) is 3.22. The summed E-state index contributed by atoms with van der Waals surface area (Å²) in [6.45, 7) is 0. The molecule has 66 heavy (non-hydrogen) atoms. The summed E-state index contributed by atoms with van der Waals surface area (Å²) in [6, 6.07) is 25.1. The molecule has 7 N–H and O–H groups in total. The first-order valence-electron chi connectivity index (χ1n) is 17.5. The molecule has 0 aliphatic heterocycles. The number of nitrogen functional groups attached to an aromatic ring is 2. The number of anilines is 2. The normalized spacial score (nSPS) is 12.4. The second-order valence-corrected chi connectivity index (χ2v) is 17.3. The standard InChI is InChI=1S/C39H29N9O12S3.3Na/c40-27-15-17-29(61(52,53)54)26-14-16-28(37(49)33(26)27)46-43-25-12-10-22(11-13-25)42-39(51)20-6-8-24(9-7-20)45-47-35-30(62(55,56)57)18-21-19-31(63(58,59)60)36(38(50)32(21)34(35)41)48-44-23-4-2-1-3-5-23;;;/h1-19,49-50H,40-41H2,(H,42,51)(H,52,53,54)(H,55,56,57)(H,58,59,60);;;/q;3*+1/p-3. The fourth-order valence-electron chi connectivity index (χ4n) is 6.06. The third-order valence-corrected chi connectivity index (χ3v) is 11.6. The maximum Gasteiger partial charge on any atom is 1.00 e. The Morgan fingerprint density at radius 1 is 0.500 bits per heavy atom. The van der Waals surface area contributed by atoms with Crippen LogP contribution >= 0.6 is 0 Å². The molecule has 0 saturated heterocycles. The monoisotopic (exact) mass is 977 g/mol. The molecular formula is C39H26N9Na3O12S3. The van der Waals surface area contributed by atoms with Crippen molar-refractivity contribution in [3.63, 3.8) is 0 Å². The number of aliphatic imine (C=N–C) groups is 1. The molecule has 21 nitrogen and oxygen atoms in total. The topological polar surface area (TPSA) is 371 Å². The summed E-state index contributed by atoms with van der Waals surface area (Å²) in [7, 11) is -14.9. The Balaban J connectivity index is 0.00000317. The van der Waals surface area contributed by atoms with E-state index in [1.807, 2.05) is 0 Å². The SMILES string of the molecule is Nc1c(N=Nc2ccc(C([O-])=Nc3ccc(N=Nc4ccc5c(S(=O)(=O)O)ccc(N)c5c4[O-])cc3)cc2)c(S(=O)(=O)O)cc2cc(S(=O)(=O)O)c(N=Nc3ccccc3)c([O-])c12.[Na+].[Na+].[Na+]. The van der Waals surface area contributed by atoms with Gasteiger partial charge in [0.05, 0.1) is 39.8 Å². The Morgan fingerprint density at radius 3 is 1.55 bits per heavy atom. The molecule has 0 bridgehead atoms. The minimum Gasteiger partial charge on any atom is -0.870 e. The Bertz CT molecular complexity index is 3480. The quantitative estimate of drug-likeness (QED) is 0.0228. The van der Waals surface area contributed by atoms with Gasteiger partial charge in [0.1, 0.15) is 20.4 Å². The summed E-state index contributed by atoms with van der Waals surface area (Å²) in [5.74, 6) is -2.59. The van der Waals surface area contributed by atoms with E-state index in [4.69, 9.17) is 11.5 Å². The minimum absolute atomic E-state index is 0. The maximum atomic E-state index is 13.7. The molecule has 0 heterocycles. The minimum atomic E-state index is -5.15. The third-order valence-electron chi connectivity index (χ3n) is 8.99. The van der Waals surface area contributed by atoms with E-state index in [0.717, 1.165) is 18.2 Å². The van der Waals surface area contributed by atoms with Crippen LogP contribution in [0, 0.1) is 0 Å². The van der Waals surface area contributed by atoms with Crippen LogP contribution in [-0.2, 0) is 30.4 Å². The van der Waals surface area contributed by atoms with Crippen molar-refractivity contribution in [1.29, 1.82) is 0 Å². The number of hydrogen-bond donors (Lipinski definition) is 5. The van der Waals surface area contributed by atoms with Crippen LogP contribution in [-0.4, -0.2) is 44.8 Å². The van der Waals surface area contributed by atoms with Gasteiger partial charge in [0, 0.05) is 21.8 Å². The second-order valence-electron chi connectivity index (χ2n) is 13.1. The molecule has 0 unspecified atom stereocenters. The molecule has 0 aliphatic carbocycles. The van der Waals surface area contributed by atoms with Crippen molar-refractivity contribution in [3.8, 4) is 11.5 Å². The molecule has 320 valence electrons. The molecular weight excluding hydrogens is 952 g/mol. The first kappa shape index (κ1) is 53.9. The van der Waals surface area contributed by atoms with Crippen LogP contribution in [0.1, 0.15) is 5.56 Å². The van der Waals surface area contributed by atoms with Crippen molar-refractivity contribution < 1.29 is 143 Å². The number of benzene rings is 7. The van der Waals surface area contributed by atoms with E-state index < -0.39 is 90.3 Å². The van der Waals surface area contributed by atoms with Crippen LogP contribution in [0.3, 0.4) is 0 Å². The average molecular weight is 978 g/mol. The molecule has 7 aromatic carbocycles. The molecule has 0 fully saturated rings. The zero-order valence-electron chi connectivity index (χ0n) is 34.5. The molecule has 0 amide bonds. The molecule has 0 atom stereocenters. The molecule has 27 heteroatoms. The Hall–Kier alpha value is -4.74. The van der Waals surface area contributed by atoms with Crippen molar-refractivity contribution in [2.75, 3.05) is 11.5 Å². The van der Waals surface area contributed by atoms with Crippen LogP contribution in [0.2, 0.25) is 0 Å². The molecule has 0 aliphatic rings. The Labute approximate surface area is 441 Å². The van der Waals surface area contributed by atoms with Gasteiger partial charge in [0.25, 0.3) is 30.4 Å². The largest absolute Gasteiger partial charge is 1.00 e. The van der Waals surface area contributed by atoms with Gasteiger partial charge >= 0.3 is 88.7 Å². The fraction of sp³-hybridized carbons (Fsp3) is 0. The van der Waals surface area contributed by atoms with Gasteiger partial charge in [-0.1, -0.05) is 47.9 Å². The van der Waals surface area contributed by atoms with E-state index >= 15 is 0 Å². The number of azo groups is 3. The number of nitrogens with zero attached hydrogens (tertiary/aromatic N) is 7. The van der Waals surface area contributed by atoms with Crippen LogP contribution in [0.25, 0.3) is 21.5 Å². The first-order valence-corrected chi connectivity index (χ1v) is 21.8. The summed E-state index contributed by atoms with van der Waals surface area (Å²) < 4.78 is 102. The summed E-state index contributed by atoms with van der Waals surface area (Å²) in [4.78, 5) is 1.57. The van der Waals surface area contributed by atoms with Crippen LogP contribution in [0.5, 0.6) is 11.5 Å². The van der Waals surface area contributed by atoms with Crippen molar-refractivity contribution in [1.82, 2.24) is 0 Å². The van der Waals surface area contributed by atoms with Crippen LogP contribution in [0.4, 0.5) is 51.2 Å². The molecule has 0 radical (unpaired) electrons. The zero-order chi connectivity index (χ0) is 45.4. The predicted octanol–water partition coefficient (Wildman–Crippen LogP) is -2.26. The smallest absolute Gasteiger partial charge is 0.870 e. The van der Waals surface area contributed by atoms with E-state index in [9.17, 15) is 54.2 Å². The predicted molar refractivity (Wildman–Crippen MR) is 223 cm³/mol. The molecule has 0 aromatic heterocycles. The molecule has 7 rings (SSSR count). The fourth-order valence-corrected chi connectivity index (χ4v) is 8.07. The van der Waals surface area contributed by atoms with Gasteiger partial charge in [-0.3, -0.25) is 18.7 Å². The van der Waals surface area contributed by atoms with Crippen molar-refractivity contribution >= 4 is 109 Å². The second kappa shape index (κ2) is 21.5. The molecule has 7 aromatic rings. The van der Waals surface area contributed by atoms with E-state index in [1.165, 1.54) is 78.9 Å². The maximum absolute atomic E-state index is 13.7. The van der Waals surface area contributed by atoms with Crippen molar-refractivity contribution in [2.24, 2.45) is 35.7 Å². The van der Waals surface area contributed by atoms with Crippen LogP contribution in [0.15, 0.2) is 166 Å². The summed E-state index contributed by atoms with van der Waals surface area (Å²) in [5.41, 5.74) is 10.6. The number of hydrogen-bond acceptors (Lipinski definition) is 18. The first-order chi connectivity index (χ1) is 29.7.